The zero-order chi connectivity index (χ0) is 20.9. The van der Waals surface area contributed by atoms with Crippen LogP contribution in [0, 0.1) is 12.5 Å². The third-order valence-electron chi connectivity index (χ3n) is 5.40. The van der Waals surface area contributed by atoms with Gasteiger partial charge in [0.25, 0.3) is 0 Å². The van der Waals surface area contributed by atoms with Gasteiger partial charge in [0.1, 0.15) is 5.75 Å². The molecule has 0 radical (unpaired) electrons. The fourth-order valence-corrected chi connectivity index (χ4v) is 3.82. The summed E-state index contributed by atoms with van der Waals surface area (Å²) in [5, 5.41) is 0. The number of benzene rings is 3. The van der Waals surface area contributed by atoms with Crippen LogP contribution in [0.3, 0.4) is 0 Å². The number of β-lactam (4-membered cyclic amide) rings is 1. The molecule has 1 aliphatic rings. The number of nitrogens with zero attached hydrogens (tertiary/aromatic N) is 2. The number of rotatable bonds is 6. The highest BCUT2D eigenvalue weighted by atomic mass is 16.5. The van der Waals surface area contributed by atoms with E-state index in [9.17, 15) is 4.79 Å². The fourth-order valence-electron chi connectivity index (χ4n) is 3.82. The van der Waals surface area contributed by atoms with Gasteiger partial charge in [-0.1, -0.05) is 72.3 Å². The lowest BCUT2D eigenvalue weighted by atomic mass is 9.81. The van der Waals surface area contributed by atoms with Crippen molar-refractivity contribution in [3.8, 4) is 5.75 Å². The van der Waals surface area contributed by atoms with Gasteiger partial charge in [0.2, 0.25) is 5.91 Å². The summed E-state index contributed by atoms with van der Waals surface area (Å²) in [5.41, 5.74) is 3.56. The molecule has 0 aromatic heterocycles. The summed E-state index contributed by atoms with van der Waals surface area (Å²) in [4.78, 5) is 18.4. The highest BCUT2D eigenvalue weighted by Crippen LogP contribution is 2.37. The largest absolute Gasteiger partial charge is 0.497 e. The van der Waals surface area contributed by atoms with E-state index in [1.807, 2.05) is 77.7 Å². The fraction of sp³-hybridized carbons (Fsp3) is 0.154. The van der Waals surface area contributed by atoms with E-state index < -0.39 is 0 Å². The molecule has 1 amide bonds. The van der Waals surface area contributed by atoms with Gasteiger partial charge in [-0.25, -0.2) is 4.85 Å². The Morgan fingerprint density at radius 2 is 1.80 bits per heavy atom. The standard InChI is InChI=1S/C26H22N2O2/c1-27-21-10-6-9-20(17-21)18-24-25(16-11-19-7-4-3-5-8-19)28(26(24)29)22-12-14-23(30-2)15-13-22/h3-17,24-25H,18H2,2H3/t24?,25-/m1/s1. The Labute approximate surface area is 176 Å². The zero-order valence-corrected chi connectivity index (χ0v) is 16.7. The number of ether oxygens (including phenoxy) is 1. The molecule has 3 aromatic rings. The van der Waals surface area contributed by atoms with Crippen LogP contribution in [0.2, 0.25) is 0 Å². The van der Waals surface area contributed by atoms with Gasteiger partial charge < -0.3 is 9.64 Å². The van der Waals surface area contributed by atoms with Crippen LogP contribution in [0.5, 0.6) is 5.75 Å². The lowest BCUT2D eigenvalue weighted by molar-refractivity contribution is -0.128. The highest BCUT2D eigenvalue weighted by molar-refractivity contribution is 6.04. The van der Waals surface area contributed by atoms with Crippen molar-refractivity contribution in [2.24, 2.45) is 5.92 Å². The maximum atomic E-state index is 13.1. The van der Waals surface area contributed by atoms with E-state index in [0.717, 1.165) is 22.6 Å². The lowest BCUT2D eigenvalue weighted by Gasteiger charge is -2.46. The van der Waals surface area contributed by atoms with Crippen LogP contribution >= 0.6 is 0 Å². The smallest absolute Gasteiger partial charge is 0.233 e. The van der Waals surface area contributed by atoms with Crippen LogP contribution in [-0.4, -0.2) is 19.1 Å². The van der Waals surface area contributed by atoms with Gasteiger partial charge in [0, 0.05) is 5.69 Å². The summed E-state index contributed by atoms with van der Waals surface area (Å²) in [6.07, 6.45) is 4.78. The van der Waals surface area contributed by atoms with E-state index in [-0.39, 0.29) is 17.9 Å². The molecular weight excluding hydrogens is 372 g/mol. The van der Waals surface area contributed by atoms with Crippen molar-refractivity contribution >= 4 is 23.4 Å². The third kappa shape index (κ3) is 3.97. The molecule has 30 heavy (non-hydrogen) atoms. The van der Waals surface area contributed by atoms with Crippen molar-refractivity contribution in [1.29, 1.82) is 0 Å². The van der Waals surface area contributed by atoms with Gasteiger partial charge in [-0.3, -0.25) is 4.79 Å². The van der Waals surface area contributed by atoms with Gasteiger partial charge in [-0.2, -0.15) is 0 Å². The van der Waals surface area contributed by atoms with Crippen LogP contribution < -0.4 is 9.64 Å². The van der Waals surface area contributed by atoms with Crippen LogP contribution in [0.25, 0.3) is 10.9 Å². The minimum Gasteiger partial charge on any atom is -0.497 e. The molecule has 1 heterocycles. The predicted molar refractivity (Wildman–Crippen MR) is 120 cm³/mol. The quantitative estimate of drug-likeness (QED) is 0.407. The maximum Gasteiger partial charge on any atom is 0.233 e. The lowest BCUT2D eigenvalue weighted by Crippen LogP contribution is -2.61. The summed E-state index contributed by atoms with van der Waals surface area (Å²) in [6.45, 7) is 7.23. The first-order chi connectivity index (χ1) is 14.7. The first kappa shape index (κ1) is 19.5. The Bertz CT molecular complexity index is 1100. The topological polar surface area (TPSA) is 33.9 Å². The van der Waals surface area contributed by atoms with E-state index in [1.165, 1.54) is 0 Å². The summed E-state index contributed by atoms with van der Waals surface area (Å²) < 4.78 is 5.24. The number of hydrogen-bond acceptors (Lipinski definition) is 2. The summed E-state index contributed by atoms with van der Waals surface area (Å²) in [6, 6.07) is 25.1. The van der Waals surface area contributed by atoms with Gasteiger partial charge in [0.05, 0.1) is 25.6 Å². The summed E-state index contributed by atoms with van der Waals surface area (Å²) in [5.74, 6) is 0.694. The molecule has 3 aromatic carbocycles. The van der Waals surface area contributed by atoms with Crippen molar-refractivity contribution in [3.63, 3.8) is 0 Å². The molecule has 0 bridgehead atoms. The Hall–Kier alpha value is -3.84. The number of methoxy groups -OCH3 is 1. The maximum absolute atomic E-state index is 13.1. The molecule has 0 aliphatic carbocycles. The predicted octanol–water partition coefficient (Wildman–Crippen LogP) is 5.53. The normalized spacial score (nSPS) is 18.1. The number of hydrogen-bond donors (Lipinski definition) is 0. The summed E-state index contributed by atoms with van der Waals surface area (Å²) in [7, 11) is 1.63. The molecule has 0 saturated carbocycles. The van der Waals surface area contributed by atoms with E-state index in [2.05, 4.69) is 17.0 Å². The second-order valence-corrected chi connectivity index (χ2v) is 7.26. The molecule has 148 valence electrons. The van der Waals surface area contributed by atoms with Gasteiger partial charge in [0.15, 0.2) is 5.69 Å². The van der Waals surface area contributed by atoms with Crippen molar-refractivity contribution < 1.29 is 9.53 Å². The molecule has 4 nitrogen and oxygen atoms in total. The summed E-state index contributed by atoms with van der Waals surface area (Å²) >= 11 is 0. The molecule has 4 heteroatoms. The van der Waals surface area contributed by atoms with Crippen molar-refractivity contribution in [2.75, 3.05) is 12.0 Å². The van der Waals surface area contributed by atoms with E-state index in [0.29, 0.717) is 12.1 Å². The second kappa shape index (κ2) is 8.67. The Balaban J connectivity index is 1.62. The average molecular weight is 394 g/mol. The van der Waals surface area contributed by atoms with Crippen LogP contribution in [0.1, 0.15) is 11.1 Å². The zero-order valence-electron chi connectivity index (χ0n) is 16.7. The average Bonchev–Trinajstić information content (AvgIpc) is 2.81. The van der Waals surface area contributed by atoms with E-state index in [1.54, 1.807) is 13.2 Å². The minimum atomic E-state index is -0.159. The molecule has 1 saturated heterocycles. The monoisotopic (exact) mass is 394 g/mol. The Morgan fingerprint density at radius 3 is 2.50 bits per heavy atom. The molecule has 2 atom stereocenters. The van der Waals surface area contributed by atoms with Crippen molar-refractivity contribution in [2.45, 2.75) is 12.5 Å². The minimum absolute atomic E-state index is 0.0531. The Kier molecular flexibility index (Phi) is 5.63. The Morgan fingerprint density at radius 1 is 1.03 bits per heavy atom. The van der Waals surface area contributed by atoms with Crippen molar-refractivity contribution in [3.05, 3.63) is 107 Å². The molecule has 4 rings (SSSR count). The van der Waals surface area contributed by atoms with Gasteiger partial charge in [-0.05, 0) is 36.2 Å². The number of carbonyl (C=O) groups is 1. The third-order valence-corrected chi connectivity index (χ3v) is 5.40. The molecule has 1 unspecified atom stereocenters. The van der Waals surface area contributed by atoms with Gasteiger partial charge >= 0.3 is 0 Å². The van der Waals surface area contributed by atoms with Crippen molar-refractivity contribution in [1.82, 2.24) is 0 Å². The van der Waals surface area contributed by atoms with Gasteiger partial charge in [-0.15, -0.1) is 0 Å². The van der Waals surface area contributed by atoms with E-state index in [4.69, 9.17) is 11.3 Å². The highest BCUT2D eigenvalue weighted by Gasteiger charge is 2.46. The second-order valence-electron chi connectivity index (χ2n) is 7.26. The molecular formula is C26H22N2O2. The first-order valence-electron chi connectivity index (χ1n) is 9.86. The van der Waals surface area contributed by atoms with Crippen LogP contribution in [-0.2, 0) is 11.2 Å². The number of amides is 1. The molecule has 0 spiro atoms. The van der Waals surface area contributed by atoms with Crippen LogP contribution in [0.15, 0.2) is 84.9 Å². The number of anilines is 1. The SMILES string of the molecule is [C-]#[N+]c1cccc(CC2C(=O)N(c3ccc(OC)cc3)[C@@H]2C=Cc2ccccc2)c1. The molecule has 0 N–H and O–H groups in total. The first-order valence-corrected chi connectivity index (χ1v) is 9.86. The van der Waals surface area contributed by atoms with Crippen LogP contribution in [0.4, 0.5) is 11.4 Å². The number of carbonyl (C=O) groups excluding carboxylic acids is 1. The van der Waals surface area contributed by atoms with E-state index >= 15 is 0 Å². The molecule has 1 aliphatic heterocycles. The molecule has 1 fully saturated rings.